The Kier molecular flexibility index (Phi) is 4.15. The first-order valence-electron chi connectivity index (χ1n) is 10.0. The van der Waals surface area contributed by atoms with Crippen molar-refractivity contribution in [3.63, 3.8) is 0 Å². The van der Waals surface area contributed by atoms with E-state index in [1.165, 1.54) is 5.56 Å². The van der Waals surface area contributed by atoms with Crippen LogP contribution in [0.25, 0.3) is 5.69 Å². The van der Waals surface area contributed by atoms with Crippen molar-refractivity contribution in [2.45, 2.75) is 51.0 Å². The molecule has 1 saturated heterocycles. The Morgan fingerprint density at radius 2 is 2.21 bits per heavy atom. The van der Waals surface area contributed by atoms with Crippen LogP contribution in [0.4, 0.5) is 0 Å². The van der Waals surface area contributed by atoms with E-state index in [2.05, 4.69) is 37.3 Å². The molecule has 5 rings (SSSR count). The maximum absolute atomic E-state index is 13.5. The van der Waals surface area contributed by atoms with Gasteiger partial charge in [0.25, 0.3) is 5.91 Å². The molecular weight excluding hydrogens is 366 g/mol. The number of piperidine rings is 1. The molecule has 8 nitrogen and oxygen atoms in total. The van der Waals surface area contributed by atoms with Crippen LogP contribution < -0.4 is 0 Å². The number of carbonyl (C=O) groups excluding carboxylic acids is 1. The first-order valence-corrected chi connectivity index (χ1v) is 10.0. The summed E-state index contributed by atoms with van der Waals surface area (Å²) in [5.41, 5.74) is 3.65. The Balaban J connectivity index is 1.49. The molecule has 0 unspecified atom stereocenters. The lowest BCUT2D eigenvalue weighted by Gasteiger charge is -2.51. The van der Waals surface area contributed by atoms with E-state index in [0.29, 0.717) is 11.4 Å². The van der Waals surface area contributed by atoms with Gasteiger partial charge < -0.3 is 4.90 Å². The van der Waals surface area contributed by atoms with Gasteiger partial charge in [-0.05, 0) is 66.8 Å². The van der Waals surface area contributed by atoms with E-state index in [1.54, 1.807) is 11.0 Å². The summed E-state index contributed by atoms with van der Waals surface area (Å²) in [4.78, 5) is 24.4. The van der Waals surface area contributed by atoms with Crippen LogP contribution in [0.5, 0.6) is 0 Å². The first kappa shape index (κ1) is 17.9. The van der Waals surface area contributed by atoms with Gasteiger partial charge in [-0.3, -0.25) is 4.79 Å². The highest BCUT2D eigenvalue weighted by Gasteiger charge is 2.48. The molecule has 148 valence electrons. The highest BCUT2D eigenvalue weighted by molar-refractivity contribution is 5.95. The number of tetrazole rings is 1. The summed E-state index contributed by atoms with van der Waals surface area (Å²) in [6.07, 6.45) is 7.41. The summed E-state index contributed by atoms with van der Waals surface area (Å²) in [7, 11) is 0. The summed E-state index contributed by atoms with van der Waals surface area (Å²) < 4.78 is 1.64. The lowest BCUT2D eigenvalue weighted by molar-refractivity contribution is 0.0379. The van der Waals surface area contributed by atoms with E-state index in [9.17, 15) is 4.79 Å². The van der Waals surface area contributed by atoms with Crippen molar-refractivity contribution < 1.29 is 4.79 Å². The van der Waals surface area contributed by atoms with E-state index < -0.39 is 0 Å². The largest absolute Gasteiger partial charge is 0.335 e. The zero-order valence-electron chi connectivity index (χ0n) is 16.6. The number of nitrogens with zero attached hydrogens (tertiary/aromatic N) is 7. The number of likely N-dealkylation sites (tertiary alicyclic amines) is 1. The number of carbonyl (C=O) groups is 1. The van der Waals surface area contributed by atoms with Crippen LogP contribution in [0.15, 0.2) is 36.8 Å². The minimum Gasteiger partial charge on any atom is -0.335 e. The molecule has 3 heterocycles. The third-order valence-corrected chi connectivity index (χ3v) is 6.45. The quantitative estimate of drug-likeness (QED) is 0.668. The maximum Gasteiger partial charge on any atom is 0.254 e. The monoisotopic (exact) mass is 389 g/mol. The van der Waals surface area contributed by atoms with Gasteiger partial charge in [0.05, 0.1) is 11.4 Å². The molecular formula is C21H23N7O. The Hall–Kier alpha value is -3.16. The van der Waals surface area contributed by atoms with E-state index in [4.69, 9.17) is 0 Å². The SMILES string of the molecule is Cc1nnnn1-c1cccc(C(=O)N2CCC[C@@]3(C)c4ncncc4CC[C@H]23)c1. The third kappa shape index (κ3) is 2.82. The molecule has 1 fully saturated rings. The van der Waals surface area contributed by atoms with Gasteiger partial charge in [0.1, 0.15) is 6.33 Å². The topological polar surface area (TPSA) is 89.7 Å². The molecule has 0 spiro atoms. The van der Waals surface area contributed by atoms with Crippen LogP contribution >= 0.6 is 0 Å². The predicted octanol–water partition coefficient (Wildman–Crippen LogP) is 2.27. The van der Waals surface area contributed by atoms with Gasteiger partial charge in [-0.2, -0.15) is 4.68 Å². The Labute approximate surface area is 169 Å². The van der Waals surface area contributed by atoms with Crippen LogP contribution in [0.2, 0.25) is 0 Å². The van der Waals surface area contributed by atoms with E-state index in [0.717, 1.165) is 43.6 Å². The van der Waals surface area contributed by atoms with E-state index >= 15 is 0 Å². The van der Waals surface area contributed by atoms with E-state index in [1.807, 2.05) is 37.4 Å². The summed E-state index contributed by atoms with van der Waals surface area (Å²) >= 11 is 0. The molecule has 1 aromatic carbocycles. The fraction of sp³-hybridized carbons (Fsp3) is 0.429. The zero-order valence-corrected chi connectivity index (χ0v) is 16.6. The summed E-state index contributed by atoms with van der Waals surface area (Å²) in [5, 5.41) is 11.7. The summed E-state index contributed by atoms with van der Waals surface area (Å²) in [6.45, 7) is 4.86. The molecule has 3 aromatic rings. The molecule has 1 aliphatic carbocycles. The van der Waals surface area contributed by atoms with Crippen molar-refractivity contribution >= 4 is 5.91 Å². The fourth-order valence-electron chi connectivity index (χ4n) is 5.03. The number of hydrogen-bond acceptors (Lipinski definition) is 6. The van der Waals surface area contributed by atoms with Crippen molar-refractivity contribution in [1.82, 2.24) is 35.1 Å². The smallest absolute Gasteiger partial charge is 0.254 e. The van der Waals surface area contributed by atoms with Crippen LogP contribution in [0, 0.1) is 6.92 Å². The Morgan fingerprint density at radius 1 is 1.31 bits per heavy atom. The zero-order chi connectivity index (χ0) is 20.0. The van der Waals surface area contributed by atoms with Gasteiger partial charge in [-0.1, -0.05) is 13.0 Å². The summed E-state index contributed by atoms with van der Waals surface area (Å²) in [6, 6.07) is 7.68. The summed E-state index contributed by atoms with van der Waals surface area (Å²) in [5.74, 6) is 0.745. The molecule has 0 bridgehead atoms. The number of fused-ring (bicyclic) bond motifs is 3. The van der Waals surface area contributed by atoms with Crippen LogP contribution in [-0.4, -0.2) is 53.6 Å². The lowest BCUT2D eigenvalue weighted by atomic mass is 9.65. The lowest BCUT2D eigenvalue weighted by Crippen LogP contribution is -2.57. The average molecular weight is 389 g/mol. The van der Waals surface area contributed by atoms with Gasteiger partial charge in [-0.15, -0.1) is 5.10 Å². The van der Waals surface area contributed by atoms with Crippen molar-refractivity contribution in [2.24, 2.45) is 0 Å². The molecule has 29 heavy (non-hydrogen) atoms. The third-order valence-electron chi connectivity index (χ3n) is 6.45. The minimum absolute atomic E-state index is 0.0611. The molecule has 2 aliphatic rings. The van der Waals surface area contributed by atoms with Gasteiger partial charge >= 0.3 is 0 Å². The van der Waals surface area contributed by atoms with Crippen molar-refractivity contribution in [1.29, 1.82) is 0 Å². The van der Waals surface area contributed by atoms with Gasteiger partial charge in [-0.25, -0.2) is 9.97 Å². The van der Waals surface area contributed by atoms with Crippen molar-refractivity contribution in [3.8, 4) is 5.69 Å². The second-order valence-corrected chi connectivity index (χ2v) is 8.16. The van der Waals surface area contributed by atoms with Crippen molar-refractivity contribution in [3.05, 3.63) is 59.4 Å². The number of aryl methyl sites for hydroxylation is 2. The van der Waals surface area contributed by atoms with Crippen molar-refractivity contribution in [2.75, 3.05) is 6.54 Å². The maximum atomic E-state index is 13.5. The molecule has 1 amide bonds. The van der Waals surface area contributed by atoms with Gasteiger partial charge in [0.15, 0.2) is 5.82 Å². The minimum atomic E-state index is -0.131. The first-order chi connectivity index (χ1) is 14.1. The highest BCUT2D eigenvalue weighted by atomic mass is 16.2. The normalized spacial score (nSPS) is 23.4. The van der Waals surface area contributed by atoms with Crippen LogP contribution in [0.1, 0.15) is 53.6 Å². The number of benzene rings is 1. The Morgan fingerprint density at radius 3 is 3.03 bits per heavy atom. The number of aromatic nitrogens is 6. The number of amides is 1. The molecule has 8 heteroatoms. The molecule has 0 saturated carbocycles. The molecule has 0 N–H and O–H groups in total. The second kappa shape index (κ2) is 6.72. The average Bonchev–Trinajstić information content (AvgIpc) is 3.18. The Bertz CT molecular complexity index is 1080. The fourth-order valence-corrected chi connectivity index (χ4v) is 5.03. The van der Waals surface area contributed by atoms with E-state index in [-0.39, 0.29) is 17.4 Å². The second-order valence-electron chi connectivity index (χ2n) is 8.16. The number of rotatable bonds is 2. The molecule has 0 radical (unpaired) electrons. The standard InChI is InChI=1S/C21H23N7O/c1-14-24-25-26-28(14)17-6-3-5-15(11-17)20(29)27-10-4-9-21(2)18(27)8-7-16-12-22-13-23-19(16)21/h3,5-6,11-13,18H,4,7-10H2,1-2H3/t18-,21+/m0/s1. The highest BCUT2D eigenvalue weighted by Crippen LogP contribution is 2.44. The predicted molar refractivity (Wildman–Crippen MR) is 106 cm³/mol. The van der Waals surface area contributed by atoms with Crippen LogP contribution in [-0.2, 0) is 11.8 Å². The van der Waals surface area contributed by atoms with Gasteiger partial charge in [0.2, 0.25) is 0 Å². The molecule has 2 aromatic heterocycles. The van der Waals surface area contributed by atoms with Gasteiger partial charge in [0, 0.05) is 29.8 Å². The van der Waals surface area contributed by atoms with Crippen LogP contribution in [0.3, 0.4) is 0 Å². The molecule has 2 atom stereocenters. The molecule has 1 aliphatic heterocycles. The number of hydrogen-bond donors (Lipinski definition) is 0.